The van der Waals surface area contributed by atoms with Crippen LogP contribution in [0.25, 0.3) is 0 Å². The van der Waals surface area contributed by atoms with Crippen LogP contribution in [0.15, 0.2) is 36.4 Å². The van der Waals surface area contributed by atoms with E-state index in [2.05, 4.69) is 70.5 Å². The van der Waals surface area contributed by atoms with Crippen molar-refractivity contribution in [3.05, 3.63) is 36.4 Å². The first kappa shape index (κ1) is 20.2. The number of rotatable bonds is 5. The third kappa shape index (κ3) is 4.18. The molecule has 2 aromatic carbocycles. The van der Waals surface area contributed by atoms with E-state index in [9.17, 15) is 10.2 Å². The van der Waals surface area contributed by atoms with Gasteiger partial charge in [0.2, 0.25) is 0 Å². The molecule has 0 heterocycles. The molecule has 0 aromatic heterocycles. The van der Waals surface area contributed by atoms with Gasteiger partial charge in [-0.15, -0.1) is 0 Å². The van der Waals surface area contributed by atoms with Crippen LogP contribution in [0, 0.1) is 0 Å². The summed E-state index contributed by atoms with van der Waals surface area (Å²) in [7, 11) is -4.01. The van der Waals surface area contributed by atoms with Gasteiger partial charge in [0.05, 0.1) is 16.1 Å². The van der Waals surface area contributed by atoms with Gasteiger partial charge in [-0.25, -0.2) is 0 Å². The normalized spacial score (nSPS) is 12.6. The molecule has 0 bridgehead atoms. The Hall–Kier alpha value is -1.10. The third-order valence-electron chi connectivity index (χ3n) is 4.54. The Balaban J connectivity index is 2.64. The molecule has 0 atom stereocenters. The number of hydrogen-bond acceptors (Lipinski definition) is 2. The maximum absolute atomic E-state index is 11.0. The average molecular weight is 391 g/mol. The van der Waals surface area contributed by atoms with Gasteiger partial charge in [0.25, 0.3) is 0 Å². The fourth-order valence-electron chi connectivity index (χ4n) is 3.18. The molecule has 0 saturated heterocycles. The number of benzene rings is 2. The Morgan fingerprint density at radius 3 is 1.36 bits per heavy atom. The van der Waals surface area contributed by atoms with Crippen molar-refractivity contribution < 1.29 is 10.2 Å². The summed E-state index contributed by atoms with van der Waals surface area (Å²) in [6, 6.07) is 12.3. The van der Waals surface area contributed by atoms with Gasteiger partial charge in [-0.3, -0.25) is 0 Å². The summed E-state index contributed by atoms with van der Waals surface area (Å²) in [5, 5.41) is 26.2. The second-order valence-corrected chi connectivity index (χ2v) is 21.1. The van der Waals surface area contributed by atoms with E-state index in [1.54, 1.807) is 0 Å². The first-order valence-electron chi connectivity index (χ1n) is 8.91. The summed E-state index contributed by atoms with van der Waals surface area (Å²) in [6.07, 6.45) is 0.904. The van der Waals surface area contributed by atoms with Crippen LogP contribution in [0.3, 0.4) is 0 Å². The molecule has 2 rings (SSSR count). The van der Waals surface area contributed by atoms with Gasteiger partial charge in [0.1, 0.15) is 11.5 Å². The lowest BCUT2D eigenvalue weighted by atomic mass is 10.3. The van der Waals surface area contributed by atoms with Crippen molar-refractivity contribution >= 4 is 45.1 Å². The maximum atomic E-state index is 11.0. The molecule has 0 aliphatic heterocycles. The SMILES string of the molecule is CCP(c1cccc([Si](C)(C)C)c1O)c1cccc([Si](C)(C)C)c1O. The van der Waals surface area contributed by atoms with Gasteiger partial charge in [-0.05, 0) is 24.5 Å². The summed E-state index contributed by atoms with van der Waals surface area (Å²) < 4.78 is 0. The van der Waals surface area contributed by atoms with Gasteiger partial charge >= 0.3 is 0 Å². The Morgan fingerprint density at radius 1 is 0.720 bits per heavy atom. The Labute approximate surface area is 155 Å². The van der Waals surface area contributed by atoms with E-state index < -0.39 is 24.1 Å². The van der Waals surface area contributed by atoms with Gasteiger partial charge in [-0.2, -0.15) is 0 Å². The number of para-hydroxylation sites is 2. The summed E-state index contributed by atoms with van der Waals surface area (Å²) >= 11 is 0. The standard InChI is InChI=1S/C20H31O2PSi2/c1-8-23(15-11-9-13-17(19(15)21)24(2,3)4)16-12-10-14-18(20(16)22)25(5,6)7/h9-14,21-22H,8H2,1-7H3. The minimum atomic E-state index is -1.62. The molecule has 2 aromatic rings. The zero-order valence-electron chi connectivity index (χ0n) is 16.5. The molecule has 0 unspecified atom stereocenters. The van der Waals surface area contributed by atoms with Gasteiger partial charge in [0, 0.05) is 10.6 Å². The topological polar surface area (TPSA) is 40.5 Å². The van der Waals surface area contributed by atoms with E-state index in [1.807, 2.05) is 12.1 Å². The van der Waals surface area contributed by atoms with Crippen LogP contribution in [-0.4, -0.2) is 32.5 Å². The van der Waals surface area contributed by atoms with Gasteiger partial charge < -0.3 is 10.2 Å². The van der Waals surface area contributed by atoms with Crippen LogP contribution in [0.5, 0.6) is 11.5 Å². The summed E-state index contributed by atoms with van der Waals surface area (Å²) in [5.74, 6) is 0.903. The van der Waals surface area contributed by atoms with E-state index in [0.717, 1.165) is 27.1 Å². The maximum Gasteiger partial charge on any atom is 0.122 e. The van der Waals surface area contributed by atoms with Crippen LogP contribution in [0.2, 0.25) is 39.3 Å². The average Bonchev–Trinajstić information content (AvgIpc) is 2.48. The quantitative estimate of drug-likeness (QED) is 0.604. The highest BCUT2D eigenvalue weighted by Gasteiger charge is 2.28. The first-order chi connectivity index (χ1) is 11.5. The first-order valence-corrected chi connectivity index (χ1v) is 17.4. The van der Waals surface area contributed by atoms with Crippen LogP contribution in [0.1, 0.15) is 6.92 Å². The van der Waals surface area contributed by atoms with Crippen LogP contribution >= 0.6 is 7.92 Å². The molecule has 0 aliphatic carbocycles. The van der Waals surface area contributed by atoms with E-state index in [1.165, 1.54) is 0 Å². The van der Waals surface area contributed by atoms with Crippen LogP contribution < -0.4 is 21.0 Å². The van der Waals surface area contributed by atoms with Crippen molar-refractivity contribution in [1.82, 2.24) is 0 Å². The van der Waals surface area contributed by atoms with Crippen LogP contribution in [0.4, 0.5) is 0 Å². The highest BCUT2D eigenvalue weighted by Crippen LogP contribution is 2.39. The molecule has 136 valence electrons. The van der Waals surface area contributed by atoms with Gasteiger partial charge in [-0.1, -0.05) is 82.6 Å². The fourth-order valence-corrected chi connectivity index (χ4v) is 8.50. The van der Waals surface area contributed by atoms with E-state index >= 15 is 0 Å². The molecule has 0 fully saturated rings. The predicted molar refractivity (Wildman–Crippen MR) is 119 cm³/mol. The Kier molecular flexibility index (Phi) is 5.87. The summed E-state index contributed by atoms with van der Waals surface area (Å²) in [6.45, 7) is 15.7. The molecular formula is C20H31O2PSi2. The highest BCUT2D eigenvalue weighted by molar-refractivity contribution is 7.73. The minimum Gasteiger partial charge on any atom is -0.507 e. The number of aromatic hydroxyl groups is 2. The molecule has 0 aliphatic rings. The smallest absolute Gasteiger partial charge is 0.122 e. The predicted octanol–water partition coefficient (Wildman–Crippen LogP) is 3.64. The molecule has 0 radical (unpaired) electrons. The largest absolute Gasteiger partial charge is 0.507 e. The second-order valence-electron chi connectivity index (χ2n) is 8.59. The second kappa shape index (κ2) is 7.26. The number of phenolic OH excluding ortho intramolecular Hbond substituents is 2. The third-order valence-corrected chi connectivity index (χ3v) is 11.1. The molecule has 25 heavy (non-hydrogen) atoms. The Morgan fingerprint density at radius 2 is 1.08 bits per heavy atom. The van der Waals surface area contributed by atoms with Crippen LogP contribution in [-0.2, 0) is 0 Å². The summed E-state index contributed by atoms with van der Waals surface area (Å²) in [4.78, 5) is 0. The molecule has 0 spiro atoms. The zero-order chi connectivity index (χ0) is 19.0. The Bertz CT molecular complexity index is 698. The molecule has 0 saturated carbocycles. The number of phenols is 2. The number of hydrogen-bond donors (Lipinski definition) is 2. The molecule has 0 amide bonds. The van der Waals surface area contributed by atoms with E-state index in [-0.39, 0.29) is 0 Å². The molecular weight excluding hydrogens is 359 g/mol. The highest BCUT2D eigenvalue weighted by atomic mass is 31.1. The van der Waals surface area contributed by atoms with Crippen molar-refractivity contribution in [1.29, 1.82) is 0 Å². The lowest BCUT2D eigenvalue weighted by Gasteiger charge is -2.26. The van der Waals surface area contributed by atoms with Crippen molar-refractivity contribution in [2.24, 2.45) is 0 Å². The fraction of sp³-hybridized carbons (Fsp3) is 0.400. The van der Waals surface area contributed by atoms with E-state index in [4.69, 9.17) is 0 Å². The van der Waals surface area contributed by atoms with Crippen molar-refractivity contribution in [2.45, 2.75) is 46.2 Å². The zero-order valence-corrected chi connectivity index (χ0v) is 19.4. The van der Waals surface area contributed by atoms with E-state index in [0.29, 0.717) is 11.5 Å². The summed E-state index contributed by atoms with van der Waals surface area (Å²) in [5.41, 5.74) is 0. The lowest BCUT2D eigenvalue weighted by molar-refractivity contribution is 0.483. The van der Waals surface area contributed by atoms with Crippen molar-refractivity contribution in [2.75, 3.05) is 6.16 Å². The lowest BCUT2D eigenvalue weighted by Crippen LogP contribution is -2.40. The molecule has 2 nitrogen and oxygen atoms in total. The monoisotopic (exact) mass is 390 g/mol. The van der Waals surface area contributed by atoms with Crippen molar-refractivity contribution in [3.8, 4) is 11.5 Å². The minimum absolute atomic E-state index is 0.451. The molecule has 2 N–H and O–H groups in total. The van der Waals surface area contributed by atoms with Gasteiger partial charge in [0.15, 0.2) is 0 Å². The molecule has 5 heteroatoms. The van der Waals surface area contributed by atoms with Crippen molar-refractivity contribution in [3.63, 3.8) is 0 Å².